The highest BCUT2D eigenvalue weighted by atomic mass is 28.3. The van der Waals surface area contributed by atoms with E-state index in [0.717, 1.165) is 5.56 Å². The minimum atomic E-state index is -2.40. The van der Waals surface area contributed by atoms with E-state index in [1.54, 1.807) is 0 Å². The monoisotopic (exact) mass is 448 g/mol. The number of carbonyl (C=O) groups is 1. The van der Waals surface area contributed by atoms with E-state index < -0.39 is 8.07 Å². The van der Waals surface area contributed by atoms with Gasteiger partial charge in [-0.1, -0.05) is 133 Å². The topological polar surface area (TPSA) is 26.3 Å². The predicted octanol–water partition coefficient (Wildman–Crippen LogP) is 4.78. The molecule has 0 N–H and O–H groups in total. The molecule has 0 spiro atoms. The number of allylic oxidation sites excluding steroid dienone is 1. The molecule has 0 saturated heterocycles. The van der Waals surface area contributed by atoms with Crippen molar-refractivity contribution in [2.24, 2.45) is 0 Å². The molecule has 0 bridgehead atoms. The van der Waals surface area contributed by atoms with E-state index in [4.69, 9.17) is 4.74 Å². The van der Waals surface area contributed by atoms with Gasteiger partial charge in [0.15, 0.2) is 8.07 Å². The molecular weight excluding hydrogens is 420 g/mol. The third kappa shape index (κ3) is 5.57. The second-order valence-corrected chi connectivity index (χ2v) is 11.7. The first kappa shape index (κ1) is 22.5. The SMILES string of the molecule is O=C(CC/C=C\[Si](c1ccccc1)(c1ccccc1)c1ccccc1)OCc1ccccc1. The van der Waals surface area contributed by atoms with E-state index in [1.807, 2.05) is 30.3 Å². The summed E-state index contributed by atoms with van der Waals surface area (Å²) < 4.78 is 5.45. The van der Waals surface area contributed by atoms with Gasteiger partial charge in [0.1, 0.15) is 6.61 Å². The lowest BCUT2D eigenvalue weighted by Gasteiger charge is -2.30. The number of benzene rings is 4. The first-order valence-corrected chi connectivity index (χ1v) is 13.4. The molecular formula is C30H28O2Si. The van der Waals surface area contributed by atoms with E-state index in [-0.39, 0.29) is 5.97 Å². The van der Waals surface area contributed by atoms with Gasteiger partial charge in [-0.25, -0.2) is 0 Å². The van der Waals surface area contributed by atoms with E-state index >= 15 is 0 Å². The first-order chi connectivity index (χ1) is 16.3. The van der Waals surface area contributed by atoms with Crippen molar-refractivity contribution in [2.45, 2.75) is 19.4 Å². The number of hydrogen-bond acceptors (Lipinski definition) is 2. The van der Waals surface area contributed by atoms with Gasteiger partial charge in [-0.2, -0.15) is 0 Å². The van der Waals surface area contributed by atoms with Crippen LogP contribution in [0.15, 0.2) is 133 Å². The highest BCUT2D eigenvalue weighted by molar-refractivity contribution is 7.14. The lowest BCUT2D eigenvalue weighted by atomic mass is 10.2. The molecule has 0 aliphatic heterocycles. The molecule has 0 fully saturated rings. The molecule has 0 radical (unpaired) electrons. The second kappa shape index (κ2) is 11.3. The van der Waals surface area contributed by atoms with Crippen molar-refractivity contribution in [2.75, 3.05) is 0 Å². The molecule has 4 aromatic rings. The van der Waals surface area contributed by atoms with Crippen molar-refractivity contribution >= 4 is 29.6 Å². The fourth-order valence-corrected chi connectivity index (χ4v) is 8.42. The first-order valence-electron chi connectivity index (χ1n) is 11.3. The molecule has 164 valence electrons. The molecule has 0 heterocycles. The Kier molecular flexibility index (Phi) is 7.67. The van der Waals surface area contributed by atoms with Crippen molar-refractivity contribution in [3.63, 3.8) is 0 Å². The zero-order chi connectivity index (χ0) is 22.8. The largest absolute Gasteiger partial charge is 0.461 e. The Balaban J connectivity index is 1.58. The molecule has 0 aromatic heterocycles. The molecule has 2 nitrogen and oxygen atoms in total. The minimum absolute atomic E-state index is 0.171. The average molecular weight is 449 g/mol. The highest BCUT2D eigenvalue weighted by Gasteiger charge is 2.36. The molecule has 0 atom stereocenters. The summed E-state index contributed by atoms with van der Waals surface area (Å²) in [6, 6.07) is 42.0. The number of hydrogen-bond donors (Lipinski definition) is 0. The van der Waals surface area contributed by atoms with Crippen LogP contribution >= 0.6 is 0 Å². The number of carbonyl (C=O) groups excluding carboxylic acids is 1. The molecule has 0 amide bonds. The van der Waals surface area contributed by atoms with Crippen molar-refractivity contribution in [3.8, 4) is 0 Å². The van der Waals surface area contributed by atoms with E-state index in [9.17, 15) is 4.79 Å². The summed E-state index contributed by atoms with van der Waals surface area (Å²) in [6.45, 7) is 0.320. The van der Waals surface area contributed by atoms with Gasteiger partial charge in [0.25, 0.3) is 0 Å². The maximum Gasteiger partial charge on any atom is 0.306 e. The number of rotatable bonds is 9. The van der Waals surface area contributed by atoms with Crippen LogP contribution in [-0.2, 0) is 16.1 Å². The molecule has 0 aliphatic carbocycles. The molecule has 0 unspecified atom stereocenters. The molecule has 4 rings (SSSR count). The standard InChI is InChI=1S/C30H28O2Si/c31-30(32-25-26-15-5-1-6-16-26)23-13-14-24-33(27-17-7-2-8-18-27,28-19-9-3-10-20-28)29-21-11-4-12-22-29/h1-12,14-22,24H,13,23,25H2/b24-14-. The van der Waals surface area contributed by atoms with Gasteiger partial charge in [0, 0.05) is 6.42 Å². The average Bonchev–Trinajstić information content (AvgIpc) is 2.90. The lowest BCUT2D eigenvalue weighted by Crippen LogP contribution is -2.66. The van der Waals surface area contributed by atoms with Crippen LogP contribution in [0, 0.1) is 0 Å². The van der Waals surface area contributed by atoms with Crippen molar-refractivity contribution < 1.29 is 9.53 Å². The van der Waals surface area contributed by atoms with Gasteiger partial charge in [-0.3, -0.25) is 4.79 Å². The Morgan fingerprint density at radius 1 is 0.636 bits per heavy atom. The second-order valence-electron chi connectivity index (χ2n) is 7.99. The van der Waals surface area contributed by atoms with Crippen molar-refractivity contribution in [3.05, 3.63) is 139 Å². The molecule has 0 saturated carbocycles. The summed E-state index contributed by atoms with van der Waals surface area (Å²) in [5, 5.41) is 3.97. The fourth-order valence-electron chi connectivity index (χ4n) is 4.16. The van der Waals surface area contributed by atoms with Gasteiger partial charge < -0.3 is 4.74 Å². The van der Waals surface area contributed by atoms with Crippen LogP contribution in [0.25, 0.3) is 0 Å². The number of ether oxygens (including phenoxy) is 1. The third-order valence-corrected chi connectivity index (χ3v) is 10.3. The summed E-state index contributed by atoms with van der Waals surface area (Å²) in [6.07, 6.45) is 3.18. The fraction of sp³-hybridized carbons (Fsp3) is 0.100. The molecule has 3 heteroatoms. The van der Waals surface area contributed by atoms with Gasteiger partial charge in [-0.05, 0) is 27.5 Å². The van der Waals surface area contributed by atoms with E-state index in [1.165, 1.54) is 15.6 Å². The normalized spacial score (nSPS) is 11.4. The minimum Gasteiger partial charge on any atom is -0.461 e. The zero-order valence-electron chi connectivity index (χ0n) is 18.6. The van der Waals surface area contributed by atoms with Gasteiger partial charge in [0.05, 0.1) is 0 Å². The Hall–Kier alpha value is -3.69. The molecule has 0 aliphatic rings. The van der Waals surface area contributed by atoms with Crippen LogP contribution in [0.2, 0.25) is 0 Å². The Labute approximate surface area is 197 Å². The molecule has 4 aromatic carbocycles. The maximum atomic E-state index is 12.3. The highest BCUT2D eigenvalue weighted by Crippen LogP contribution is 2.11. The summed E-state index contributed by atoms with van der Waals surface area (Å²) in [5.74, 6) is -0.171. The van der Waals surface area contributed by atoms with Crippen LogP contribution in [0.1, 0.15) is 18.4 Å². The summed E-state index contributed by atoms with van der Waals surface area (Å²) in [7, 11) is -2.40. The summed E-state index contributed by atoms with van der Waals surface area (Å²) in [5.41, 5.74) is 3.38. The molecule has 33 heavy (non-hydrogen) atoms. The predicted molar refractivity (Wildman–Crippen MR) is 139 cm³/mol. The van der Waals surface area contributed by atoms with Crippen LogP contribution in [0.5, 0.6) is 0 Å². The van der Waals surface area contributed by atoms with E-state index in [0.29, 0.717) is 19.4 Å². The lowest BCUT2D eigenvalue weighted by molar-refractivity contribution is -0.144. The van der Waals surface area contributed by atoms with Crippen LogP contribution in [0.4, 0.5) is 0 Å². The quantitative estimate of drug-likeness (QED) is 0.209. The third-order valence-electron chi connectivity index (χ3n) is 5.81. The maximum absolute atomic E-state index is 12.3. The summed E-state index contributed by atoms with van der Waals surface area (Å²) >= 11 is 0. The smallest absolute Gasteiger partial charge is 0.306 e. The number of esters is 1. The Bertz CT molecular complexity index is 1060. The van der Waals surface area contributed by atoms with Crippen molar-refractivity contribution in [1.29, 1.82) is 0 Å². The summed E-state index contributed by atoms with van der Waals surface area (Å²) in [4.78, 5) is 12.3. The van der Waals surface area contributed by atoms with Gasteiger partial charge in [0.2, 0.25) is 0 Å². The van der Waals surface area contributed by atoms with Gasteiger partial charge >= 0.3 is 5.97 Å². The van der Waals surface area contributed by atoms with Gasteiger partial charge in [-0.15, -0.1) is 0 Å². The Morgan fingerprint density at radius 3 is 1.52 bits per heavy atom. The van der Waals surface area contributed by atoms with Crippen molar-refractivity contribution in [1.82, 2.24) is 0 Å². The Morgan fingerprint density at radius 2 is 1.06 bits per heavy atom. The van der Waals surface area contributed by atoms with E-state index in [2.05, 4.69) is 103 Å². The van der Waals surface area contributed by atoms with Crippen LogP contribution in [-0.4, -0.2) is 14.0 Å². The zero-order valence-corrected chi connectivity index (χ0v) is 19.6. The van der Waals surface area contributed by atoms with Crippen LogP contribution < -0.4 is 15.6 Å². The van der Waals surface area contributed by atoms with Crippen LogP contribution in [0.3, 0.4) is 0 Å².